The lowest BCUT2D eigenvalue weighted by atomic mass is 10.2. The van der Waals surface area contributed by atoms with Gasteiger partial charge in [0.05, 0.1) is 25.2 Å². The molecule has 3 aromatic heterocycles. The van der Waals surface area contributed by atoms with E-state index < -0.39 is 0 Å². The summed E-state index contributed by atoms with van der Waals surface area (Å²) in [5.74, 6) is 1.44. The van der Waals surface area contributed by atoms with Gasteiger partial charge < -0.3 is 19.2 Å². The van der Waals surface area contributed by atoms with Crippen molar-refractivity contribution < 1.29 is 13.9 Å². The number of ether oxygens (including phenoxy) is 2. The number of rotatable bonds is 6. The summed E-state index contributed by atoms with van der Waals surface area (Å²) in [7, 11) is 0. The van der Waals surface area contributed by atoms with Gasteiger partial charge in [-0.25, -0.2) is 4.98 Å². The maximum Gasteiger partial charge on any atom is 0.320 e. The van der Waals surface area contributed by atoms with Crippen LogP contribution < -0.4 is 10.1 Å². The highest BCUT2D eigenvalue weighted by atomic mass is 16.5. The molecule has 26 heavy (non-hydrogen) atoms. The first-order valence-corrected chi connectivity index (χ1v) is 9.00. The molecule has 4 heterocycles. The van der Waals surface area contributed by atoms with Crippen molar-refractivity contribution in [3.8, 4) is 6.01 Å². The van der Waals surface area contributed by atoms with Gasteiger partial charge in [0.25, 0.3) is 0 Å². The Morgan fingerprint density at radius 2 is 2.27 bits per heavy atom. The summed E-state index contributed by atoms with van der Waals surface area (Å²) in [6.45, 7) is 5.16. The molecule has 1 N–H and O–H groups in total. The Morgan fingerprint density at radius 3 is 3.00 bits per heavy atom. The molecular weight excluding hydrogens is 334 g/mol. The third-order valence-electron chi connectivity index (χ3n) is 4.22. The van der Waals surface area contributed by atoms with Crippen LogP contribution in [0.3, 0.4) is 0 Å². The third kappa shape index (κ3) is 3.50. The van der Waals surface area contributed by atoms with Crippen molar-refractivity contribution in [1.29, 1.82) is 0 Å². The molecule has 1 aliphatic heterocycles. The molecule has 1 unspecified atom stereocenters. The lowest BCUT2D eigenvalue weighted by Crippen LogP contribution is -2.18. The molecule has 0 amide bonds. The molecular formula is C18H23N5O3. The summed E-state index contributed by atoms with van der Waals surface area (Å²) in [6.07, 6.45) is 6.53. The summed E-state index contributed by atoms with van der Waals surface area (Å²) >= 11 is 0. The summed E-state index contributed by atoms with van der Waals surface area (Å²) in [4.78, 5) is 13.6. The van der Waals surface area contributed by atoms with Crippen LogP contribution in [0.4, 0.5) is 5.82 Å². The predicted molar refractivity (Wildman–Crippen MR) is 96.0 cm³/mol. The van der Waals surface area contributed by atoms with E-state index in [4.69, 9.17) is 13.9 Å². The van der Waals surface area contributed by atoms with Crippen molar-refractivity contribution in [2.75, 3.05) is 11.9 Å². The number of aromatic nitrogens is 4. The van der Waals surface area contributed by atoms with Gasteiger partial charge in [0, 0.05) is 6.61 Å². The molecule has 4 rings (SSSR count). The Kier molecular flexibility index (Phi) is 4.75. The van der Waals surface area contributed by atoms with Crippen molar-refractivity contribution in [2.45, 2.75) is 52.0 Å². The highest BCUT2D eigenvalue weighted by molar-refractivity contribution is 5.83. The fraction of sp³-hybridized carbons (Fsp3) is 0.500. The first kappa shape index (κ1) is 16.8. The van der Waals surface area contributed by atoms with Crippen LogP contribution in [0.25, 0.3) is 11.2 Å². The molecule has 138 valence electrons. The smallest absolute Gasteiger partial charge is 0.320 e. The Balaban J connectivity index is 1.70. The van der Waals surface area contributed by atoms with Crippen molar-refractivity contribution in [1.82, 2.24) is 19.5 Å². The van der Waals surface area contributed by atoms with Crippen LogP contribution in [0.2, 0.25) is 0 Å². The topological polar surface area (TPSA) is 87.2 Å². The van der Waals surface area contributed by atoms with Crippen LogP contribution in [-0.2, 0) is 11.3 Å². The summed E-state index contributed by atoms with van der Waals surface area (Å²) in [5, 5.41) is 3.28. The molecule has 1 aliphatic rings. The average molecular weight is 357 g/mol. The van der Waals surface area contributed by atoms with E-state index in [1.807, 2.05) is 30.5 Å². The number of hydrogen-bond donors (Lipinski definition) is 1. The van der Waals surface area contributed by atoms with Crippen LogP contribution in [-0.4, -0.2) is 32.2 Å². The van der Waals surface area contributed by atoms with Crippen LogP contribution in [0.1, 0.15) is 45.1 Å². The molecule has 8 nitrogen and oxygen atoms in total. The van der Waals surface area contributed by atoms with Crippen LogP contribution in [0, 0.1) is 0 Å². The first-order chi connectivity index (χ1) is 12.7. The van der Waals surface area contributed by atoms with E-state index >= 15 is 0 Å². The number of hydrogen-bond acceptors (Lipinski definition) is 7. The highest BCUT2D eigenvalue weighted by Gasteiger charge is 2.22. The first-order valence-electron chi connectivity index (χ1n) is 9.00. The zero-order chi connectivity index (χ0) is 17.9. The van der Waals surface area contributed by atoms with Gasteiger partial charge in [-0.05, 0) is 45.2 Å². The summed E-state index contributed by atoms with van der Waals surface area (Å²) in [5.41, 5.74) is 1.41. The minimum atomic E-state index is -0.0477. The van der Waals surface area contributed by atoms with Gasteiger partial charge in [-0.15, -0.1) is 0 Å². The van der Waals surface area contributed by atoms with E-state index in [1.165, 1.54) is 0 Å². The van der Waals surface area contributed by atoms with E-state index in [9.17, 15) is 0 Å². The van der Waals surface area contributed by atoms with Gasteiger partial charge in [0.2, 0.25) is 0 Å². The van der Waals surface area contributed by atoms with Gasteiger partial charge in [-0.1, -0.05) is 0 Å². The molecule has 0 saturated carbocycles. The van der Waals surface area contributed by atoms with Crippen molar-refractivity contribution in [3.05, 3.63) is 30.5 Å². The van der Waals surface area contributed by atoms with Gasteiger partial charge in [0.15, 0.2) is 17.0 Å². The molecule has 0 radical (unpaired) electrons. The van der Waals surface area contributed by atoms with E-state index in [0.717, 1.165) is 31.6 Å². The average Bonchev–Trinajstić information content (AvgIpc) is 3.29. The predicted octanol–water partition coefficient (Wildman–Crippen LogP) is 3.52. The number of imidazole rings is 1. The minimum absolute atomic E-state index is 0.0207. The van der Waals surface area contributed by atoms with Crippen LogP contribution >= 0.6 is 0 Å². The molecule has 0 bridgehead atoms. The summed E-state index contributed by atoms with van der Waals surface area (Å²) in [6, 6.07) is 4.09. The van der Waals surface area contributed by atoms with E-state index in [2.05, 4.69) is 20.3 Å². The number of furan rings is 1. The monoisotopic (exact) mass is 357 g/mol. The Hall–Kier alpha value is -2.61. The lowest BCUT2D eigenvalue weighted by Gasteiger charge is -2.23. The zero-order valence-electron chi connectivity index (χ0n) is 15.0. The van der Waals surface area contributed by atoms with E-state index in [-0.39, 0.29) is 12.3 Å². The SMILES string of the molecule is CC(C)Oc1nc(NCc2ccco2)c2ncn(C3CCCCO3)c2n1. The molecule has 1 saturated heterocycles. The second-order valence-corrected chi connectivity index (χ2v) is 6.60. The minimum Gasteiger partial charge on any atom is -0.467 e. The molecule has 8 heteroatoms. The Labute approximate surface area is 151 Å². The fourth-order valence-corrected chi connectivity index (χ4v) is 3.02. The quantitative estimate of drug-likeness (QED) is 0.722. The molecule has 1 fully saturated rings. The maximum absolute atomic E-state index is 5.90. The molecule has 0 aromatic carbocycles. The largest absolute Gasteiger partial charge is 0.467 e. The number of anilines is 1. The normalized spacial score (nSPS) is 17.7. The fourth-order valence-electron chi connectivity index (χ4n) is 3.02. The van der Waals surface area contributed by atoms with Crippen molar-refractivity contribution in [2.24, 2.45) is 0 Å². The number of nitrogens with one attached hydrogen (secondary N) is 1. The Morgan fingerprint density at radius 1 is 1.35 bits per heavy atom. The van der Waals surface area contributed by atoms with Gasteiger partial charge in [0.1, 0.15) is 12.0 Å². The zero-order valence-corrected chi connectivity index (χ0v) is 15.0. The van der Waals surface area contributed by atoms with E-state index in [0.29, 0.717) is 29.5 Å². The van der Waals surface area contributed by atoms with Crippen LogP contribution in [0.5, 0.6) is 6.01 Å². The van der Waals surface area contributed by atoms with Gasteiger partial charge in [-0.3, -0.25) is 4.57 Å². The molecule has 0 aliphatic carbocycles. The molecule has 0 spiro atoms. The molecule has 3 aromatic rings. The van der Waals surface area contributed by atoms with Gasteiger partial charge in [-0.2, -0.15) is 9.97 Å². The number of nitrogens with zero attached hydrogens (tertiary/aromatic N) is 4. The highest BCUT2D eigenvalue weighted by Crippen LogP contribution is 2.29. The third-order valence-corrected chi connectivity index (χ3v) is 4.22. The standard InChI is InChI=1S/C18H23N5O3/c1-12(2)26-18-21-16(19-10-13-6-5-9-24-13)15-17(22-18)23(11-20-15)14-7-3-4-8-25-14/h5-6,9,11-12,14H,3-4,7-8,10H2,1-2H3,(H,19,21,22). The Bertz CT molecular complexity index is 853. The van der Waals surface area contributed by atoms with Crippen molar-refractivity contribution in [3.63, 3.8) is 0 Å². The summed E-state index contributed by atoms with van der Waals surface area (Å²) < 4.78 is 19.0. The van der Waals surface area contributed by atoms with Crippen molar-refractivity contribution >= 4 is 17.0 Å². The van der Waals surface area contributed by atoms with E-state index in [1.54, 1.807) is 12.6 Å². The van der Waals surface area contributed by atoms with Gasteiger partial charge >= 0.3 is 6.01 Å². The lowest BCUT2D eigenvalue weighted by molar-refractivity contribution is -0.0298. The second kappa shape index (κ2) is 7.33. The molecule has 1 atom stereocenters. The van der Waals surface area contributed by atoms with Crippen LogP contribution in [0.15, 0.2) is 29.1 Å². The number of fused-ring (bicyclic) bond motifs is 1. The maximum atomic E-state index is 5.90. The second-order valence-electron chi connectivity index (χ2n) is 6.60.